The van der Waals surface area contributed by atoms with Crippen LogP contribution in [0.2, 0.25) is 10.0 Å². The normalized spacial score (nSPS) is 11.3. The molecule has 6 heteroatoms. The minimum absolute atomic E-state index is 0.141. The smallest absolute Gasteiger partial charge is 0.201 e. The third-order valence-electron chi connectivity index (χ3n) is 4.91. The zero-order valence-electron chi connectivity index (χ0n) is 15.3. The van der Waals surface area contributed by atoms with Crippen molar-refractivity contribution in [3.05, 3.63) is 81.6 Å². The van der Waals surface area contributed by atoms with Crippen LogP contribution in [0.4, 0.5) is 0 Å². The van der Waals surface area contributed by atoms with Crippen LogP contribution in [0.1, 0.15) is 16.8 Å². The summed E-state index contributed by atoms with van der Waals surface area (Å²) in [6.45, 7) is 2.74. The monoisotopic (exact) mass is 411 g/mol. The molecule has 0 amide bonds. The molecule has 0 atom stereocenters. The predicted molar refractivity (Wildman–Crippen MR) is 115 cm³/mol. The molecule has 0 aliphatic rings. The number of rotatable bonds is 4. The van der Waals surface area contributed by atoms with E-state index < -0.39 is 0 Å². The average molecular weight is 412 g/mol. The number of nitrogens with two attached hydrogens (primary N) is 1. The predicted octanol–water partition coefficient (Wildman–Crippen LogP) is 5.53. The summed E-state index contributed by atoms with van der Waals surface area (Å²) in [6.07, 6.45) is 1.86. The van der Waals surface area contributed by atoms with Gasteiger partial charge in [0, 0.05) is 39.6 Å². The van der Waals surface area contributed by atoms with E-state index in [9.17, 15) is 5.11 Å². The first kappa shape index (κ1) is 18.8. The summed E-state index contributed by atoms with van der Waals surface area (Å²) in [4.78, 5) is 4.67. The molecule has 0 bridgehead atoms. The second-order valence-electron chi connectivity index (χ2n) is 6.71. The van der Waals surface area contributed by atoms with Crippen molar-refractivity contribution < 1.29 is 5.11 Å². The van der Waals surface area contributed by atoms with Crippen molar-refractivity contribution >= 4 is 34.1 Å². The number of fused-ring (bicyclic) bond motifs is 1. The molecule has 28 heavy (non-hydrogen) atoms. The summed E-state index contributed by atoms with van der Waals surface area (Å²) < 4.78 is 1.79. The van der Waals surface area contributed by atoms with Crippen molar-refractivity contribution in [3.8, 4) is 17.0 Å². The van der Waals surface area contributed by atoms with Gasteiger partial charge in [-0.3, -0.25) is 4.98 Å². The molecule has 142 valence electrons. The average Bonchev–Trinajstić information content (AvgIpc) is 2.97. The third-order valence-corrected chi connectivity index (χ3v) is 5.45. The fourth-order valence-corrected chi connectivity index (χ4v) is 4.08. The summed E-state index contributed by atoms with van der Waals surface area (Å²) in [5.41, 5.74) is 11.1. The van der Waals surface area contributed by atoms with Gasteiger partial charge in [0.15, 0.2) is 0 Å². The van der Waals surface area contributed by atoms with Crippen LogP contribution in [0.3, 0.4) is 0 Å². The third kappa shape index (κ3) is 3.24. The van der Waals surface area contributed by atoms with E-state index in [0.717, 1.165) is 27.9 Å². The van der Waals surface area contributed by atoms with Crippen molar-refractivity contribution in [3.63, 3.8) is 0 Å². The molecule has 0 fully saturated rings. The van der Waals surface area contributed by atoms with Crippen LogP contribution in [-0.4, -0.2) is 14.7 Å². The first-order valence-corrected chi connectivity index (χ1v) is 9.66. The van der Waals surface area contributed by atoms with Gasteiger partial charge in [0.25, 0.3) is 0 Å². The Morgan fingerprint density at radius 3 is 2.54 bits per heavy atom. The van der Waals surface area contributed by atoms with Crippen LogP contribution in [0.25, 0.3) is 22.0 Å². The van der Waals surface area contributed by atoms with Crippen LogP contribution in [0.15, 0.2) is 54.7 Å². The molecule has 3 N–H and O–H groups in total. The van der Waals surface area contributed by atoms with E-state index in [1.807, 2.05) is 49.5 Å². The number of pyridine rings is 1. The molecule has 2 heterocycles. The highest BCUT2D eigenvalue weighted by atomic mass is 35.5. The molecule has 4 rings (SSSR count). The molecular formula is C22H19Cl2N3O. The maximum Gasteiger partial charge on any atom is 0.201 e. The number of halogens is 2. The summed E-state index contributed by atoms with van der Waals surface area (Å²) >= 11 is 12.6. The summed E-state index contributed by atoms with van der Waals surface area (Å²) in [6, 6.07) is 15.3. The number of aromatic nitrogens is 2. The lowest BCUT2D eigenvalue weighted by molar-refractivity contribution is 0.430. The Morgan fingerprint density at radius 2 is 1.86 bits per heavy atom. The van der Waals surface area contributed by atoms with E-state index in [1.165, 1.54) is 0 Å². The highest BCUT2D eigenvalue weighted by molar-refractivity contribution is 6.36. The first-order valence-electron chi connectivity index (χ1n) is 8.90. The molecule has 0 saturated heterocycles. The molecule has 0 aliphatic heterocycles. The number of aromatic hydroxyl groups is 1. The number of nitrogens with zero attached hydrogens (tertiary/aromatic N) is 2. The Kier molecular flexibility index (Phi) is 5.02. The van der Waals surface area contributed by atoms with Crippen LogP contribution in [-0.2, 0) is 13.1 Å². The summed E-state index contributed by atoms with van der Waals surface area (Å²) in [5.74, 6) is 0.141. The number of hydrogen-bond donors (Lipinski definition) is 2. The van der Waals surface area contributed by atoms with Crippen molar-refractivity contribution in [2.45, 2.75) is 20.0 Å². The van der Waals surface area contributed by atoms with Gasteiger partial charge in [0.1, 0.15) is 0 Å². The van der Waals surface area contributed by atoms with Crippen LogP contribution >= 0.6 is 23.2 Å². The molecule has 0 unspecified atom stereocenters. The van der Waals surface area contributed by atoms with E-state index in [0.29, 0.717) is 27.5 Å². The van der Waals surface area contributed by atoms with Crippen LogP contribution in [0.5, 0.6) is 5.88 Å². The minimum Gasteiger partial charge on any atom is -0.494 e. The van der Waals surface area contributed by atoms with E-state index >= 15 is 0 Å². The van der Waals surface area contributed by atoms with E-state index in [1.54, 1.807) is 16.7 Å². The van der Waals surface area contributed by atoms with Gasteiger partial charge >= 0.3 is 0 Å². The Labute approximate surface area is 173 Å². The van der Waals surface area contributed by atoms with Crippen molar-refractivity contribution in [2.24, 2.45) is 5.73 Å². The Hall–Kier alpha value is -2.53. The molecule has 2 aromatic carbocycles. The Balaban J connectivity index is 1.99. The fraction of sp³-hybridized carbons (Fsp3) is 0.136. The SMILES string of the molecule is Cc1nc2cn(Cc3ccccc3)c(O)c2c(-c2ccc(Cl)cc2Cl)c1CN. The Morgan fingerprint density at radius 1 is 1.11 bits per heavy atom. The van der Waals surface area contributed by atoms with Gasteiger partial charge in [-0.15, -0.1) is 0 Å². The molecule has 4 nitrogen and oxygen atoms in total. The lowest BCUT2D eigenvalue weighted by atomic mass is 9.95. The van der Waals surface area contributed by atoms with Crippen molar-refractivity contribution in [1.82, 2.24) is 9.55 Å². The lowest BCUT2D eigenvalue weighted by Gasteiger charge is -2.14. The molecular weight excluding hydrogens is 393 g/mol. The quantitative estimate of drug-likeness (QED) is 0.463. The highest BCUT2D eigenvalue weighted by Gasteiger charge is 2.21. The van der Waals surface area contributed by atoms with Crippen LogP contribution < -0.4 is 5.73 Å². The Bertz CT molecular complexity index is 1170. The van der Waals surface area contributed by atoms with Gasteiger partial charge in [-0.05, 0) is 30.2 Å². The van der Waals surface area contributed by atoms with Gasteiger partial charge in [0.05, 0.1) is 17.4 Å². The first-order chi connectivity index (χ1) is 13.5. The molecule has 0 aliphatic carbocycles. The summed E-state index contributed by atoms with van der Waals surface area (Å²) in [5, 5.41) is 12.8. The van der Waals surface area contributed by atoms with E-state index in [2.05, 4.69) is 4.98 Å². The second-order valence-corrected chi connectivity index (χ2v) is 7.55. The van der Waals surface area contributed by atoms with Gasteiger partial charge in [-0.2, -0.15) is 0 Å². The standard InChI is InChI=1S/C22H19Cl2N3O/c1-13-17(10-25)20(16-8-7-15(23)9-18(16)24)21-19(26-13)12-27(22(21)28)11-14-5-3-2-4-6-14/h2-9,12,28H,10-11,25H2,1H3. The van der Waals surface area contributed by atoms with Gasteiger partial charge < -0.3 is 15.4 Å². The lowest BCUT2D eigenvalue weighted by Crippen LogP contribution is -2.04. The van der Waals surface area contributed by atoms with E-state index in [-0.39, 0.29) is 12.4 Å². The molecule has 0 spiro atoms. The zero-order chi connectivity index (χ0) is 19.8. The second kappa shape index (κ2) is 7.47. The highest BCUT2D eigenvalue weighted by Crippen LogP contribution is 2.42. The molecule has 4 aromatic rings. The van der Waals surface area contributed by atoms with Crippen molar-refractivity contribution in [2.75, 3.05) is 0 Å². The minimum atomic E-state index is 0.141. The number of aryl methyl sites for hydroxylation is 1. The van der Waals surface area contributed by atoms with Crippen LogP contribution in [0, 0.1) is 6.92 Å². The van der Waals surface area contributed by atoms with Gasteiger partial charge in [-0.25, -0.2) is 0 Å². The number of hydrogen-bond acceptors (Lipinski definition) is 3. The molecule has 0 saturated carbocycles. The molecule has 2 aromatic heterocycles. The summed E-state index contributed by atoms with van der Waals surface area (Å²) in [7, 11) is 0. The maximum atomic E-state index is 11.1. The number of benzene rings is 2. The van der Waals surface area contributed by atoms with Gasteiger partial charge in [-0.1, -0.05) is 59.6 Å². The van der Waals surface area contributed by atoms with Crippen molar-refractivity contribution in [1.29, 1.82) is 0 Å². The molecule has 0 radical (unpaired) electrons. The zero-order valence-corrected chi connectivity index (χ0v) is 16.8. The van der Waals surface area contributed by atoms with Gasteiger partial charge in [0.2, 0.25) is 5.88 Å². The largest absolute Gasteiger partial charge is 0.494 e. The fourth-order valence-electron chi connectivity index (χ4n) is 3.58. The van der Waals surface area contributed by atoms with E-state index in [4.69, 9.17) is 28.9 Å². The maximum absolute atomic E-state index is 11.1. The topological polar surface area (TPSA) is 64.1 Å².